The fraction of sp³-hybridized carbons (Fsp3) is 0.0625. The van der Waals surface area contributed by atoms with Crippen molar-refractivity contribution in [3.8, 4) is 23.3 Å². The first-order valence-corrected chi connectivity index (χ1v) is 6.22. The highest BCUT2D eigenvalue weighted by Gasteiger charge is 2.02. The smallest absolute Gasteiger partial charge is 0.153 e. The van der Waals surface area contributed by atoms with Crippen molar-refractivity contribution in [3.05, 3.63) is 58.6 Å². The van der Waals surface area contributed by atoms with Crippen LogP contribution < -0.4 is 4.74 Å². The Balaban J connectivity index is 2.02. The second-order valence-corrected chi connectivity index (χ2v) is 4.38. The summed E-state index contributed by atoms with van der Waals surface area (Å²) in [6.45, 7) is 0.137. The maximum atomic E-state index is 10.9. The van der Waals surface area contributed by atoms with E-state index in [9.17, 15) is 9.90 Å². The molecule has 0 fully saturated rings. The first kappa shape index (κ1) is 14.0. The summed E-state index contributed by atoms with van der Waals surface area (Å²) in [5.74, 6) is 6.27. The van der Waals surface area contributed by atoms with Crippen LogP contribution >= 0.6 is 11.6 Å². The number of carbonyl (C=O) groups is 1. The van der Waals surface area contributed by atoms with E-state index in [1.807, 2.05) is 0 Å². The van der Waals surface area contributed by atoms with Gasteiger partial charge in [0.2, 0.25) is 0 Å². The number of ether oxygens (including phenoxy) is 1. The summed E-state index contributed by atoms with van der Waals surface area (Å²) < 4.78 is 5.41. The van der Waals surface area contributed by atoms with Gasteiger partial charge in [-0.05, 0) is 36.4 Å². The van der Waals surface area contributed by atoms with E-state index in [4.69, 9.17) is 16.3 Å². The average Bonchev–Trinajstić information content (AvgIpc) is 2.45. The molecule has 2 aromatic rings. The minimum atomic E-state index is 0.137. The van der Waals surface area contributed by atoms with Gasteiger partial charge in [-0.15, -0.1) is 0 Å². The molecule has 0 aliphatic carbocycles. The van der Waals surface area contributed by atoms with E-state index < -0.39 is 0 Å². The molecule has 0 aliphatic heterocycles. The molecule has 0 aromatic heterocycles. The van der Waals surface area contributed by atoms with Gasteiger partial charge in [-0.2, -0.15) is 0 Å². The van der Waals surface area contributed by atoms with Crippen LogP contribution in [0.3, 0.4) is 0 Å². The monoisotopic (exact) mass is 286 g/mol. The molecule has 0 spiro atoms. The molecule has 100 valence electrons. The number of hydrogen-bond acceptors (Lipinski definition) is 3. The van der Waals surface area contributed by atoms with Crippen molar-refractivity contribution >= 4 is 17.9 Å². The molecule has 0 unspecified atom stereocenters. The van der Waals surface area contributed by atoms with Gasteiger partial charge in [-0.3, -0.25) is 4.79 Å². The molecule has 0 radical (unpaired) electrons. The van der Waals surface area contributed by atoms with Crippen molar-refractivity contribution in [2.24, 2.45) is 0 Å². The fourth-order valence-corrected chi connectivity index (χ4v) is 1.76. The number of halogens is 1. The zero-order chi connectivity index (χ0) is 14.4. The van der Waals surface area contributed by atoms with Gasteiger partial charge >= 0.3 is 0 Å². The number of hydrogen-bond donors (Lipinski definition) is 1. The van der Waals surface area contributed by atoms with Gasteiger partial charge in [-0.25, -0.2) is 0 Å². The fourth-order valence-electron chi connectivity index (χ4n) is 1.58. The number of benzene rings is 2. The molecule has 0 amide bonds. The highest BCUT2D eigenvalue weighted by molar-refractivity contribution is 6.30. The lowest BCUT2D eigenvalue weighted by Gasteiger charge is -2.04. The highest BCUT2D eigenvalue weighted by atomic mass is 35.5. The van der Waals surface area contributed by atoms with Gasteiger partial charge in [0.1, 0.15) is 18.1 Å². The zero-order valence-corrected chi connectivity index (χ0v) is 11.2. The number of carbonyl (C=O) groups excluding carboxylic acids is 1. The van der Waals surface area contributed by atoms with E-state index in [0.29, 0.717) is 28.2 Å². The summed E-state index contributed by atoms with van der Waals surface area (Å²) in [7, 11) is 0. The number of phenolic OH excluding ortho intramolecular Hbond substituents is 1. The van der Waals surface area contributed by atoms with Crippen molar-refractivity contribution in [1.29, 1.82) is 0 Å². The van der Waals surface area contributed by atoms with E-state index in [1.54, 1.807) is 36.4 Å². The molecule has 0 saturated heterocycles. The standard InChI is InChI=1S/C16H11ClO3/c17-14-6-7-16(13(10-14)11-18)20-8-2-4-12-3-1-5-15(19)9-12/h1,3,5-7,9-11,19H,8H2. The van der Waals surface area contributed by atoms with Gasteiger partial charge in [0.05, 0.1) is 5.56 Å². The van der Waals surface area contributed by atoms with Gasteiger partial charge in [0, 0.05) is 10.6 Å². The molecule has 0 atom stereocenters. The molecule has 4 heteroatoms. The minimum absolute atomic E-state index is 0.137. The van der Waals surface area contributed by atoms with Crippen LogP contribution in [0.1, 0.15) is 15.9 Å². The summed E-state index contributed by atoms with van der Waals surface area (Å²) in [4.78, 5) is 10.9. The van der Waals surface area contributed by atoms with E-state index in [2.05, 4.69) is 11.8 Å². The maximum absolute atomic E-state index is 10.9. The minimum Gasteiger partial charge on any atom is -0.508 e. The topological polar surface area (TPSA) is 46.5 Å². The van der Waals surface area contributed by atoms with E-state index >= 15 is 0 Å². The third-order valence-corrected chi connectivity index (χ3v) is 2.71. The molecule has 1 N–H and O–H groups in total. The number of rotatable bonds is 3. The van der Waals surface area contributed by atoms with Crippen LogP contribution in [-0.4, -0.2) is 18.0 Å². The van der Waals surface area contributed by atoms with Crippen LogP contribution in [0.2, 0.25) is 5.02 Å². The van der Waals surface area contributed by atoms with E-state index in [1.165, 1.54) is 6.07 Å². The lowest BCUT2D eigenvalue weighted by Crippen LogP contribution is -1.97. The third kappa shape index (κ3) is 3.78. The Morgan fingerprint density at radius 1 is 1.25 bits per heavy atom. The van der Waals surface area contributed by atoms with E-state index in [0.717, 1.165) is 0 Å². The van der Waals surface area contributed by atoms with Crippen molar-refractivity contribution in [2.75, 3.05) is 6.61 Å². The summed E-state index contributed by atoms with van der Waals surface area (Å²) in [5.41, 5.74) is 1.08. The second kappa shape index (κ2) is 6.65. The summed E-state index contributed by atoms with van der Waals surface area (Å²) >= 11 is 5.79. The Morgan fingerprint density at radius 2 is 2.10 bits per heavy atom. The number of aromatic hydroxyl groups is 1. The Morgan fingerprint density at radius 3 is 2.85 bits per heavy atom. The molecular formula is C16H11ClO3. The lowest BCUT2D eigenvalue weighted by molar-refractivity contribution is 0.112. The van der Waals surface area contributed by atoms with Crippen LogP contribution in [0, 0.1) is 11.8 Å². The Labute approximate surface area is 121 Å². The van der Waals surface area contributed by atoms with Crippen LogP contribution in [0.25, 0.3) is 0 Å². The second-order valence-electron chi connectivity index (χ2n) is 3.94. The molecule has 0 bridgehead atoms. The normalized spacial score (nSPS) is 9.45. The van der Waals surface area contributed by atoms with E-state index in [-0.39, 0.29) is 12.4 Å². The Hall–Kier alpha value is -2.44. The maximum Gasteiger partial charge on any atom is 0.153 e. The van der Waals surface area contributed by atoms with Crippen molar-refractivity contribution in [3.63, 3.8) is 0 Å². The number of phenols is 1. The molecule has 0 aliphatic rings. The summed E-state index contributed by atoms with van der Waals surface area (Å²) in [6, 6.07) is 11.4. The van der Waals surface area contributed by atoms with Gasteiger partial charge in [0.25, 0.3) is 0 Å². The Bertz CT molecular complexity index is 684. The SMILES string of the molecule is O=Cc1cc(Cl)ccc1OCC#Cc1cccc(O)c1. The summed E-state index contributed by atoms with van der Waals surface area (Å²) in [5, 5.41) is 9.77. The predicted octanol–water partition coefficient (Wildman–Crippen LogP) is 3.29. The van der Waals surface area contributed by atoms with Crippen LogP contribution in [-0.2, 0) is 0 Å². The number of aldehydes is 1. The first-order chi connectivity index (χ1) is 9.69. The van der Waals surface area contributed by atoms with Crippen LogP contribution in [0.15, 0.2) is 42.5 Å². The molecule has 0 heterocycles. The summed E-state index contributed by atoms with van der Waals surface area (Å²) in [6.07, 6.45) is 0.684. The van der Waals surface area contributed by atoms with Crippen LogP contribution in [0.4, 0.5) is 0 Å². The van der Waals surface area contributed by atoms with Crippen molar-refractivity contribution < 1.29 is 14.6 Å². The zero-order valence-electron chi connectivity index (χ0n) is 10.5. The highest BCUT2D eigenvalue weighted by Crippen LogP contribution is 2.21. The Kier molecular flexibility index (Phi) is 4.65. The van der Waals surface area contributed by atoms with Crippen molar-refractivity contribution in [1.82, 2.24) is 0 Å². The quantitative estimate of drug-likeness (QED) is 0.696. The molecule has 2 aromatic carbocycles. The molecule has 0 saturated carbocycles. The largest absolute Gasteiger partial charge is 0.508 e. The predicted molar refractivity (Wildman–Crippen MR) is 77.3 cm³/mol. The third-order valence-electron chi connectivity index (χ3n) is 2.48. The molecular weight excluding hydrogens is 276 g/mol. The first-order valence-electron chi connectivity index (χ1n) is 5.84. The van der Waals surface area contributed by atoms with Gasteiger partial charge < -0.3 is 9.84 Å². The lowest BCUT2D eigenvalue weighted by atomic mass is 10.2. The van der Waals surface area contributed by atoms with Gasteiger partial charge in [0.15, 0.2) is 6.29 Å². The molecule has 3 nitrogen and oxygen atoms in total. The van der Waals surface area contributed by atoms with Gasteiger partial charge in [-0.1, -0.05) is 29.5 Å². The van der Waals surface area contributed by atoms with Crippen LogP contribution in [0.5, 0.6) is 11.5 Å². The molecule has 2 rings (SSSR count). The van der Waals surface area contributed by atoms with Crippen molar-refractivity contribution in [2.45, 2.75) is 0 Å². The average molecular weight is 287 g/mol. The molecule has 20 heavy (non-hydrogen) atoms.